The molecule has 1 aromatic carbocycles. The first-order chi connectivity index (χ1) is 13.4. The number of hydrogen-bond donors (Lipinski definition) is 3. The fourth-order valence-electron chi connectivity index (χ4n) is 3.34. The molecule has 1 saturated heterocycles. The predicted octanol–water partition coefficient (Wildman–Crippen LogP) is 4.68. The second-order valence-electron chi connectivity index (χ2n) is 6.82. The summed E-state index contributed by atoms with van der Waals surface area (Å²) in [6.45, 7) is 2.14. The van der Waals surface area contributed by atoms with E-state index in [1.165, 1.54) is 0 Å². The highest BCUT2D eigenvalue weighted by Gasteiger charge is 2.37. The Balaban J connectivity index is 2.18. The summed E-state index contributed by atoms with van der Waals surface area (Å²) in [5.41, 5.74) is 3.16. The van der Waals surface area contributed by atoms with Crippen LogP contribution in [0.3, 0.4) is 0 Å². The summed E-state index contributed by atoms with van der Waals surface area (Å²) in [5, 5.41) is 10.3. The van der Waals surface area contributed by atoms with E-state index in [1.54, 1.807) is 4.90 Å². The number of benzene rings is 1. The minimum atomic E-state index is -4.88. The zero-order valence-electron chi connectivity index (χ0n) is 15.5. The molecule has 2 rings (SSSR count). The lowest BCUT2D eigenvalue weighted by Gasteiger charge is -2.26. The summed E-state index contributed by atoms with van der Waals surface area (Å²) in [6, 6.07) is 1.32. The average molecular weight is 443 g/mol. The van der Waals surface area contributed by atoms with Gasteiger partial charge < -0.3 is 21.4 Å². The van der Waals surface area contributed by atoms with Gasteiger partial charge in [0.25, 0.3) is 0 Å². The molecule has 11 heteroatoms. The molecule has 0 aromatic heterocycles. The normalized spacial score (nSPS) is 21.3. The standard InChI is InChI=1S/C18H21ClF6N4/c1-2-14-6-13(9-29(14)16(27)15(19)7-26)28-8-10-3-11(17(20,21)22)5-12(4-10)18(23,24)25/h3-5,7,13-14,26,28H,2,6,8-9,27H2,1H3/b16-15-,26-7?. The first-order valence-corrected chi connectivity index (χ1v) is 9.18. The molecule has 4 N–H and O–H groups in total. The Morgan fingerprint density at radius 3 is 2.21 bits per heavy atom. The van der Waals surface area contributed by atoms with Gasteiger partial charge in [0.1, 0.15) is 5.82 Å². The van der Waals surface area contributed by atoms with E-state index in [-0.39, 0.29) is 41.1 Å². The third-order valence-electron chi connectivity index (χ3n) is 4.81. The van der Waals surface area contributed by atoms with Crippen LogP contribution in [0.25, 0.3) is 0 Å². The molecule has 0 spiro atoms. The van der Waals surface area contributed by atoms with Gasteiger partial charge in [0.05, 0.1) is 16.2 Å². The molecule has 1 heterocycles. The molecule has 0 bridgehead atoms. The van der Waals surface area contributed by atoms with Gasteiger partial charge in [-0.3, -0.25) is 0 Å². The topological polar surface area (TPSA) is 65.1 Å². The molecule has 0 radical (unpaired) electrons. The van der Waals surface area contributed by atoms with Crippen molar-refractivity contribution in [2.45, 2.75) is 50.7 Å². The predicted molar refractivity (Wildman–Crippen MR) is 98.3 cm³/mol. The van der Waals surface area contributed by atoms with E-state index >= 15 is 0 Å². The van der Waals surface area contributed by atoms with E-state index < -0.39 is 23.5 Å². The van der Waals surface area contributed by atoms with Crippen molar-refractivity contribution >= 4 is 17.8 Å². The third kappa shape index (κ3) is 5.79. The fraction of sp³-hybridized carbons (Fsp3) is 0.500. The number of rotatable bonds is 6. The first-order valence-electron chi connectivity index (χ1n) is 8.80. The Hall–Kier alpha value is -1.94. The summed E-state index contributed by atoms with van der Waals surface area (Å²) in [6.07, 6.45) is -7.55. The van der Waals surface area contributed by atoms with Crippen molar-refractivity contribution < 1.29 is 26.3 Å². The fourth-order valence-corrected chi connectivity index (χ4v) is 3.45. The number of alkyl halides is 6. The highest BCUT2D eigenvalue weighted by Crippen LogP contribution is 2.36. The highest BCUT2D eigenvalue weighted by atomic mass is 35.5. The van der Waals surface area contributed by atoms with Crippen molar-refractivity contribution in [2.75, 3.05) is 6.54 Å². The van der Waals surface area contributed by atoms with Crippen LogP contribution in [0.15, 0.2) is 29.1 Å². The van der Waals surface area contributed by atoms with E-state index in [0.29, 0.717) is 31.5 Å². The number of halogens is 7. The number of nitrogens with zero attached hydrogens (tertiary/aromatic N) is 1. The maximum absolute atomic E-state index is 13.0. The van der Waals surface area contributed by atoms with E-state index in [1.807, 2.05) is 6.92 Å². The summed E-state index contributed by atoms with van der Waals surface area (Å²) >= 11 is 5.90. The van der Waals surface area contributed by atoms with Gasteiger partial charge in [0.2, 0.25) is 0 Å². The van der Waals surface area contributed by atoms with Crippen molar-refractivity contribution in [1.29, 1.82) is 5.41 Å². The lowest BCUT2D eigenvalue weighted by atomic mass is 10.0. The number of nitrogens with two attached hydrogens (primary N) is 1. The Bertz CT molecular complexity index is 742. The van der Waals surface area contributed by atoms with Crippen LogP contribution in [-0.2, 0) is 18.9 Å². The third-order valence-corrected chi connectivity index (χ3v) is 5.11. The van der Waals surface area contributed by atoms with Crippen LogP contribution >= 0.6 is 11.6 Å². The number of likely N-dealkylation sites (tertiary alicyclic amines) is 1. The lowest BCUT2D eigenvalue weighted by molar-refractivity contribution is -0.143. The Morgan fingerprint density at radius 1 is 1.21 bits per heavy atom. The molecule has 1 aromatic rings. The molecular weight excluding hydrogens is 422 g/mol. The second-order valence-corrected chi connectivity index (χ2v) is 7.23. The average Bonchev–Trinajstić information content (AvgIpc) is 3.06. The zero-order valence-corrected chi connectivity index (χ0v) is 16.2. The van der Waals surface area contributed by atoms with E-state index in [0.717, 1.165) is 6.21 Å². The van der Waals surface area contributed by atoms with Crippen molar-refractivity contribution in [3.63, 3.8) is 0 Å². The molecule has 2 unspecified atom stereocenters. The van der Waals surface area contributed by atoms with Crippen LogP contribution in [0.2, 0.25) is 0 Å². The minimum Gasteiger partial charge on any atom is -0.384 e. The van der Waals surface area contributed by atoms with E-state index in [9.17, 15) is 26.3 Å². The quantitative estimate of drug-likeness (QED) is 0.442. The van der Waals surface area contributed by atoms with E-state index in [4.69, 9.17) is 22.7 Å². The van der Waals surface area contributed by atoms with Gasteiger partial charge in [0.15, 0.2) is 0 Å². The summed E-state index contributed by atoms with van der Waals surface area (Å²) in [5.74, 6) is 0.219. The molecule has 0 aliphatic carbocycles. The zero-order chi connectivity index (χ0) is 22.0. The molecule has 2 atom stereocenters. The molecule has 29 heavy (non-hydrogen) atoms. The van der Waals surface area contributed by atoms with Crippen LogP contribution in [0.4, 0.5) is 26.3 Å². The summed E-state index contributed by atoms with van der Waals surface area (Å²) < 4.78 is 77.9. The van der Waals surface area contributed by atoms with Gasteiger partial charge in [-0.15, -0.1) is 0 Å². The van der Waals surface area contributed by atoms with Gasteiger partial charge in [-0.2, -0.15) is 26.3 Å². The molecule has 0 amide bonds. The SMILES string of the molecule is CCC1CC(NCc2cc(C(F)(F)F)cc(C(F)(F)F)c2)CN1/C(N)=C(\Cl)C=N. The Kier molecular flexibility index (Phi) is 7.10. The van der Waals surface area contributed by atoms with Crippen molar-refractivity contribution in [3.05, 3.63) is 45.7 Å². The van der Waals surface area contributed by atoms with Crippen molar-refractivity contribution in [3.8, 4) is 0 Å². The van der Waals surface area contributed by atoms with Gasteiger partial charge in [-0.25, -0.2) is 0 Å². The Morgan fingerprint density at radius 2 is 1.76 bits per heavy atom. The molecule has 1 aliphatic heterocycles. The lowest BCUT2D eigenvalue weighted by Crippen LogP contribution is -2.35. The molecular formula is C18H21ClF6N4. The second kappa shape index (κ2) is 8.83. The maximum Gasteiger partial charge on any atom is 0.416 e. The summed E-state index contributed by atoms with van der Waals surface area (Å²) in [4.78, 5) is 1.79. The van der Waals surface area contributed by atoms with Crippen LogP contribution in [-0.4, -0.2) is 29.7 Å². The number of nitrogens with one attached hydrogen (secondary N) is 2. The first kappa shape index (κ1) is 23.3. The van der Waals surface area contributed by atoms with Crippen LogP contribution in [0.5, 0.6) is 0 Å². The van der Waals surface area contributed by atoms with Crippen LogP contribution in [0.1, 0.15) is 36.5 Å². The van der Waals surface area contributed by atoms with Gasteiger partial charge >= 0.3 is 12.4 Å². The number of hydrogen-bond acceptors (Lipinski definition) is 4. The molecule has 1 fully saturated rings. The van der Waals surface area contributed by atoms with Crippen LogP contribution < -0.4 is 11.1 Å². The largest absolute Gasteiger partial charge is 0.416 e. The van der Waals surface area contributed by atoms with Crippen LogP contribution in [0, 0.1) is 5.41 Å². The van der Waals surface area contributed by atoms with Gasteiger partial charge in [-0.1, -0.05) is 18.5 Å². The molecule has 4 nitrogen and oxygen atoms in total. The van der Waals surface area contributed by atoms with Crippen molar-refractivity contribution in [1.82, 2.24) is 10.2 Å². The molecule has 162 valence electrons. The minimum absolute atomic E-state index is 0.00607. The summed E-state index contributed by atoms with van der Waals surface area (Å²) in [7, 11) is 0. The highest BCUT2D eigenvalue weighted by molar-refractivity contribution is 6.39. The monoisotopic (exact) mass is 442 g/mol. The maximum atomic E-state index is 13.0. The van der Waals surface area contributed by atoms with E-state index in [2.05, 4.69) is 5.32 Å². The number of allylic oxidation sites excluding steroid dienone is 1. The Labute approximate surface area is 169 Å². The van der Waals surface area contributed by atoms with Gasteiger partial charge in [0, 0.05) is 31.4 Å². The molecule has 0 saturated carbocycles. The smallest absolute Gasteiger partial charge is 0.384 e. The van der Waals surface area contributed by atoms with Gasteiger partial charge in [-0.05, 0) is 36.6 Å². The van der Waals surface area contributed by atoms with Crippen molar-refractivity contribution in [2.24, 2.45) is 5.73 Å². The molecule has 1 aliphatic rings.